The van der Waals surface area contributed by atoms with Gasteiger partial charge in [-0.05, 0) is 36.4 Å². The molecule has 19 heavy (non-hydrogen) atoms. The summed E-state index contributed by atoms with van der Waals surface area (Å²) in [5.74, 6) is 0.222. The van der Waals surface area contributed by atoms with Gasteiger partial charge in [0.1, 0.15) is 11.4 Å². The summed E-state index contributed by atoms with van der Waals surface area (Å²) in [5.41, 5.74) is 0.673. The second-order valence-corrected chi connectivity index (χ2v) is 3.72. The third kappa shape index (κ3) is 2.77. The Labute approximate surface area is 110 Å². The van der Waals surface area contributed by atoms with Crippen molar-refractivity contribution >= 4 is 11.5 Å². The SMILES string of the molecule is COc1ccc(C(=NO)C(=O)c2ccccn2)cc1. The van der Waals surface area contributed by atoms with Crippen molar-refractivity contribution in [3.05, 3.63) is 59.9 Å². The van der Waals surface area contributed by atoms with Gasteiger partial charge in [0.05, 0.1) is 7.11 Å². The number of benzene rings is 1. The zero-order valence-electron chi connectivity index (χ0n) is 10.3. The molecule has 0 amide bonds. The molecule has 0 aliphatic heterocycles. The van der Waals surface area contributed by atoms with Crippen LogP contribution in [0.2, 0.25) is 0 Å². The summed E-state index contributed by atoms with van der Waals surface area (Å²) >= 11 is 0. The van der Waals surface area contributed by atoms with Gasteiger partial charge in [-0.2, -0.15) is 0 Å². The number of methoxy groups -OCH3 is 1. The quantitative estimate of drug-likeness (QED) is 0.394. The Morgan fingerprint density at radius 1 is 1.21 bits per heavy atom. The molecule has 0 saturated heterocycles. The molecule has 0 atom stereocenters. The number of ketones is 1. The molecule has 96 valence electrons. The lowest BCUT2D eigenvalue weighted by atomic mass is 10.0. The van der Waals surface area contributed by atoms with Crippen molar-refractivity contribution in [2.45, 2.75) is 0 Å². The fraction of sp³-hybridized carbons (Fsp3) is 0.0714. The highest BCUT2D eigenvalue weighted by Gasteiger charge is 2.17. The molecule has 1 N–H and O–H groups in total. The van der Waals surface area contributed by atoms with Gasteiger partial charge in [-0.25, -0.2) is 0 Å². The van der Waals surface area contributed by atoms with Gasteiger partial charge in [-0.15, -0.1) is 0 Å². The van der Waals surface area contributed by atoms with E-state index < -0.39 is 5.78 Å². The van der Waals surface area contributed by atoms with Gasteiger partial charge in [0, 0.05) is 11.8 Å². The van der Waals surface area contributed by atoms with Crippen LogP contribution in [0.4, 0.5) is 0 Å². The second kappa shape index (κ2) is 5.77. The first-order valence-electron chi connectivity index (χ1n) is 5.58. The zero-order chi connectivity index (χ0) is 13.7. The molecule has 1 heterocycles. The Kier molecular flexibility index (Phi) is 3.87. The molecule has 0 saturated carbocycles. The van der Waals surface area contributed by atoms with E-state index in [0.717, 1.165) is 0 Å². The van der Waals surface area contributed by atoms with Crippen LogP contribution in [0.5, 0.6) is 5.75 Å². The number of hydrogen-bond donors (Lipinski definition) is 1. The summed E-state index contributed by atoms with van der Waals surface area (Å²) in [6.45, 7) is 0. The lowest BCUT2D eigenvalue weighted by Gasteiger charge is -2.04. The maximum Gasteiger partial charge on any atom is 0.233 e. The predicted molar refractivity (Wildman–Crippen MR) is 69.9 cm³/mol. The topological polar surface area (TPSA) is 71.8 Å². The maximum absolute atomic E-state index is 12.1. The minimum Gasteiger partial charge on any atom is -0.497 e. The van der Waals surface area contributed by atoms with Crippen molar-refractivity contribution in [3.63, 3.8) is 0 Å². The van der Waals surface area contributed by atoms with Crippen molar-refractivity contribution in [3.8, 4) is 5.75 Å². The van der Waals surface area contributed by atoms with Crippen molar-refractivity contribution in [1.82, 2.24) is 4.98 Å². The number of ether oxygens (including phenoxy) is 1. The Morgan fingerprint density at radius 2 is 1.95 bits per heavy atom. The number of pyridine rings is 1. The fourth-order valence-electron chi connectivity index (χ4n) is 1.60. The molecule has 0 radical (unpaired) electrons. The van der Waals surface area contributed by atoms with Crippen molar-refractivity contribution < 1.29 is 14.7 Å². The molecular formula is C14H12N2O3. The summed E-state index contributed by atoms with van der Waals surface area (Å²) in [6, 6.07) is 11.6. The molecule has 2 aromatic rings. The highest BCUT2D eigenvalue weighted by molar-refractivity contribution is 6.50. The van der Waals surface area contributed by atoms with Crippen LogP contribution in [0.3, 0.4) is 0 Å². The molecule has 1 aromatic heterocycles. The Hall–Kier alpha value is -2.69. The first-order valence-corrected chi connectivity index (χ1v) is 5.58. The van der Waals surface area contributed by atoms with E-state index in [0.29, 0.717) is 11.3 Å². The second-order valence-electron chi connectivity index (χ2n) is 3.72. The molecule has 0 fully saturated rings. The summed E-state index contributed by atoms with van der Waals surface area (Å²) < 4.78 is 5.03. The number of carbonyl (C=O) groups is 1. The summed E-state index contributed by atoms with van der Waals surface area (Å²) in [5, 5.41) is 12.1. The van der Waals surface area contributed by atoms with Gasteiger partial charge in [0.25, 0.3) is 0 Å². The summed E-state index contributed by atoms with van der Waals surface area (Å²) in [4.78, 5) is 16.1. The molecular weight excluding hydrogens is 244 g/mol. The minimum absolute atomic E-state index is 0.0543. The van der Waals surface area contributed by atoms with Crippen molar-refractivity contribution in [1.29, 1.82) is 0 Å². The normalized spacial score (nSPS) is 11.1. The van der Waals surface area contributed by atoms with Crippen LogP contribution >= 0.6 is 0 Å². The van der Waals surface area contributed by atoms with Gasteiger partial charge >= 0.3 is 0 Å². The number of rotatable bonds is 4. The maximum atomic E-state index is 12.1. The zero-order valence-corrected chi connectivity index (χ0v) is 10.3. The molecule has 5 heteroatoms. The third-order valence-corrected chi connectivity index (χ3v) is 2.58. The smallest absolute Gasteiger partial charge is 0.233 e. The van der Waals surface area contributed by atoms with E-state index in [-0.39, 0.29) is 11.4 Å². The monoisotopic (exact) mass is 256 g/mol. The summed E-state index contributed by atoms with van der Waals surface area (Å²) in [7, 11) is 1.55. The first-order chi connectivity index (χ1) is 9.26. The van der Waals surface area contributed by atoms with E-state index in [9.17, 15) is 4.79 Å². The average molecular weight is 256 g/mol. The fourth-order valence-corrected chi connectivity index (χ4v) is 1.60. The number of carbonyl (C=O) groups excluding carboxylic acids is 1. The van der Waals surface area contributed by atoms with Gasteiger partial charge in [-0.1, -0.05) is 11.2 Å². The van der Waals surface area contributed by atoms with E-state index in [1.807, 2.05) is 0 Å². The number of oxime groups is 1. The van der Waals surface area contributed by atoms with E-state index in [4.69, 9.17) is 9.94 Å². The molecule has 5 nitrogen and oxygen atoms in total. The van der Waals surface area contributed by atoms with Crippen LogP contribution < -0.4 is 4.74 Å². The lowest BCUT2D eigenvalue weighted by molar-refractivity contribution is 0.105. The Morgan fingerprint density at radius 3 is 2.47 bits per heavy atom. The van der Waals surface area contributed by atoms with Crippen LogP contribution in [0.15, 0.2) is 53.8 Å². The minimum atomic E-state index is -0.437. The number of aromatic nitrogens is 1. The molecule has 1 aromatic carbocycles. The van der Waals surface area contributed by atoms with Crippen LogP contribution in [0.25, 0.3) is 0 Å². The largest absolute Gasteiger partial charge is 0.497 e. The summed E-state index contributed by atoms with van der Waals surface area (Å²) in [6.07, 6.45) is 1.51. The Bertz CT molecular complexity index is 592. The van der Waals surface area contributed by atoms with Crippen molar-refractivity contribution in [2.75, 3.05) is 7.11 Å². The van der Waals surface area contributed by atoms with Crippen LogP contribution in [0, 0.1) is 0 Å². The van der Waals surface area contributed by atoms with Gasteiger partial charge in [-0.3, -0.25) is 9.78 Å². The molecule has 0 aliphatic carbocycles. The van der Waals surface area contributed by atoms with Crippen LogP contribution in [0.1, 0.15) is 16.1 Å². The molecule has 2 rings (SSSR count). The van der Waals surface area contributed by atoms with Gasteiger partial charge < -0.3 is 9.94 Å². The molecule has 0 bridgehead atoms. The molecule has 0 aliphatic rings. The number of Topliss-reactive ketones (excluding diaryl/α,β-unsaturated/α-hetero) is 1. The number of hydrogen-bond acceptors (Lipinski definition) is 5. The van der Waals surface area contributed by atoms with Crippen LogP contribution in [-0.2, 0) is 0 Å². The molecule has 0 spiro atoms. The Balaban J connectivity index is 2.32. The van der Waals surface area contributed by atoms with Gasteiger partial charge in [0.15, 0.2) is 5.71 Å². The standard InChI is InChI=1S/C14H12N2O3/c1-19-11-7-5-10(6-8-11)13(16-18)14(17)12-4-2-3-9-15-12/h2-9,18H,1H3. The predicted octanol–water partition coefficient (Wildman–Crippen LogP) is 2.15. The van der Waals surface area contributed by atoms with E-state index in [1.165, 1.54) is 6.20 Å². The third-order valence-electron chi connectivity index (χ3n) is 2.58. The average Bonchev–Trinajstić information content (AvgIpc) is 2.49. The van der Waals surface area contributed by atoms with E-state index in [2.05, 4.69) is 10.1 Å². The number of nitrogens with zero attached hydrogens (tertiary/aromatic N) is 2. The highest BCUT2D eigenvalue weighted by atomic mass is 16.5. The van der Waals surface area contributed by atoms with Crippen LogP contribution in [-0.4, -0.2) is 28.8 Å². The van der Waals surface area contributed by atoms with Crippen molar-refractivity contribution in [2.24, 2.45) is 5.16 Å². The van der Waals surface area contributed by atoms with E-state index >= 15 is 0 Å². The van der Waals surface area contributed by atoms with E-state index in [1.54, 1.807) is 49.6 Å². The highest BCUT2D eigenvalue weighted by Crippen LogP contribution is 2.13. The van der Waals surface area contributed by atoms with Gasteiger partial charge in [0.2, 0.25) is 5.78 Å². The lowest BCUT2D eigenvalue weighted by Crippen LogP contribution is -2.17. The molecule has 0 unspecified atom stereocenters. The first kappa shape index (κ1) is 12.8.